The van der Waals surface area contributed by atoms with Crippen molar-refractivity contribution in [2.45, 2.75) is 26.2 Å². The van der Waals surface area contributed by atoms with Gasteiger partial charge in [0.15, 0.2) is 5.96 Å². The molecule has 0 spiro atoms. The van der Waals surface area contributed by atoms with E-state index in [1.54, 1.807) is 12.1 Å². The largest absolute Gasteiger partial charge is 0.492 e. The number of carbonyl (C=O) groups is 1. The highest BCUT2D eigenvalue weighted by molar-refractivity contribution is 5.94. The maximum Gasteiger partial charge on any atom is 0.224 e. The van der Waals surface area contributed by atoms with Gasteiger partial charge in [-0.15, -0.1) is 0 Å². The van der Waals surface area contributed by atoms with Crippen LogP contribution in [-0.2, 0) is 17.6 Å². The third-order valence-corrected chi connectivity index (χ3v) is 5.36. The van der Waals surface area contributed by atoms with Crippen molar-refractivity contribution in [2.24, 2.45) is 4.99 Å². The monoisotopic (exact) mass is 437 g/mol. The summed E-state index contributed by atoms with van der Waals surface area (Å²) in [6.07, 6.45) is 3.87. The second-order valence-electron chi connectivity index (χ2n) is 7.66. The highest BCUT2D eigenvalue weighted by atomic mass is 19.1. The van der Waals surface area contributed by atoms with Crippen molar-refractivity contribution < 1.29 is 13.9 Å². The van der Waals surface area contributed by atoms with Gasteiger partial charge in [-0.25, -0.2) is 4.39 Å². The zero-order chi connectivity index (χ0) is 22.3. The standard InChI is InChI=1S/C24H28FN5O2/c1-2-26-24(27-10-9-17-15-29-22-6-4-18(25)14-20(17)22)28-11-12-32-19-5-7-21-16(13-19)3-8-23(31)30-21/h4-7,13-15,29H,2-3,8-12H2,1H3,(H,30,31)(H2,26,27,28). The van der Waals surface area contributed by atoms with Crippen LogP contribution in [0, 0.1) is 5.82 Å². The Morgan fingerprint density at radius 1 is 1.19 bits per heavy atom. The molecule has 1 aliphatic heterocycles. The van der Waals surface area contributed by atoms with Crippen LogP contribution in [0.3, 0.4) is 0 Å². The molecule has 0 atom stereocenters. The van der Waals surface area contributed by atoms with Gasteiger partial charge in [-0.2, -0.15) is 0 Å². The van der Waals surface area contributed by atoms with Gasteiger partial charge in [-0.05, 0) is 67.3 Å². The summed E-state index contributed by atoms with van der Waals surface area (Å²) in [5.74, 6) is 1.33. The van der Waals surface area contributed by atoms with Gasteiger partial charge in [0.05, 0.1) is 6.54 Å². The van der Waals surface area contributed by atoms with Crippen LogP contribution in [0.1, 0.15) is 24.5 Å². The summed E-state index contributed by atoms with van der Waals surface area (Å²) >= 11 is 0. The summed E-state index contributed by atoms with van der Waals surface area (Å²) in [6, 6.07) is 10.5. The van der Waals surface area contributed by atoms with Gasteiger partial charge in [-0.1, -0.05) is 0 Å². The number of aryl methyl sites for hydroxylation is 1. The van der Waals surface area contributed by atoms with Crippen LogP contribution in [0.25, 0.3) is 10.9 Å². The zero-order valence-electron chi connectivity index (χ0n) is 18.1. The predicted octanol–water partition coefficient (Wildman–Crippen LogP) is 3.37. The minimum absolute atomic E-state index is 0.0578. The van der Waals surface area contributed by atoms with E-state index in [0.29, 0.717) is 32.5 Å². The molecule has 1 amide bonds. The quantitative estimate of drug-likeness (QED) is 0.247. The van der Waals surface area contributed by atoms with E-state index in [-0.39, 0.29) is 11.7 Å². The summed E-state index contributed by atoms with van der Waals surface area (Å²) < 4.78 is 19.4. The topological polar surface area (TPSA) is 90.5 Å². The normalized spacial score (nSPS) is 13.6. The molecular weight excluding hydrogens is 409 g/mol. The third-order valence-electron chi connectivity index (χ3n) is 5.36. The number of aromatic nitrogens is 1. The summed E-state index contributed by atoms with van der Waals surface area (Å²) in [4.78, 5) is 19.3. The van der Waals surface area contributed by atoms with Crippen LogP contribution >= 0.6 is 0 Å². The number of aliphatic imine (C=N–C) groups is 1. The summed E-state index contributed by atoms with van der Waals surface area (Å²) in [7, 11) is 0. The minimum atomic E-state index is -0.236. The minimum Gasteiger partial charge on any atom is -0.492 e. The van der Waals surface area contributed by atoms with Gasteiger partial charge in [0.1, 0.15) is 18.2 Å². The van der Waals surface area contributed by atoms with E-state index in [1.807, 2.05) is 31.3 Å². The molecule has 0 fully saturated rings. The molecule has 3 aromatic rings. The van der Waals surface area contributed by atoms with E-state index in [4.69, 9.17) is 4.74 Å². The fraction of sp³-hybridized carbons (Fsp3) is 0.333. The number of halogens is 1. The summed E-state index contributed by atoms with van der Waals surface area (Å²) in [5.41, 5.74) is 3.94. The molecule has 0 aliphatic carbocycles. The number of ether oxygens (including phenoxy) is 1. The molecular formula is C24H28FN5O2. The Kier molecular flexibility index (Phi) is 6.89. The first-order valence-electron chi connectivity index (χ1n) is 11.0. The van der Waals surface area contributed by atoms with Crippen LogP contribution < -0.4 is 20.7 Å². The number of aromatic amines is 1. The molecule has 0 bridgehead atoms. The Morgan fingerprint density at radius 2 is 2.09 bits per heavy atom. The molecule has 2 heterocycles. The van der Waals surface area contributed by atoms with Crippen molar-refractivity contribution in [1.82, 2.24) is 15.6 Å². The van der Waals surface area contributed by atoms with Crippen LogP contribution in [0.15, 0.2) is 47.6 Å². The molecule has 0 saturated heterocycles. The van der Waals surface area contributed by atoms with Crippen LogP contribution in [0.4, 0.5) is 10.1 Å². The molecule has 7 nitrogen and oxygen atoms in total. The molecule has 1 aromatic heterocycles. The lowest BCUT2D eigenvalue weighted by Gasteiger charge is -2.18. The number of hydrogen-bond acceptors (Lipinski definition) is 3. The Morgan fingerprint density at radius 3 is 2.97 bits per heavy atom. The zero-order valence-corrected chi connectivity index (χ0v) is 18.1. The van der Waals surface area contributed by atoms with Crippen molar-refractivity contribution in [2.75, 3.05) is 31.6 Å². The van der Waals surface area contributed by atoms with Crippen molar-refractivity contribution in [1.29, 1.82) is 0 Å². The number of guanidine groups is 1. The molecule has 0 saturated carbocycles. The number of nitrogens with one attached hydrogen (secondary N) is 4. The molecule has 2 aromatic carbocycles. The molecule has 168 valence electrons. The van der Waals surface area contributed by atoms with E-state index in [0.717, 1.165) is 52.4 Å². The Hall–Kier alpha value is -3.55. The van der Waals surface area contributed by atoms with E-state index >= 15 is 0 Å². The third kappa shape index (κ3) is 5.38. The van der Waals surface area contributed by atoms with Gasteiger partial charge in [0.25, 0.3) is 0 Å². The lowest BCUT2D eigenvalue weighted by Crippen LogP contribution is -2.39. The van der Waals surface area contributed by atoms with Crippen LogP contribution in [0.2, 0.25) is 0 Å². The van der Waals surface area contributed by atoms with Crippen LogP contribution in [-0.4, -0.2) is 43.1 Å². The van der Waals surface area contributed by atoms with E-state index in [2.05, 4.69) is 25.9 Å². The van der Waals surface area contributed by atoms with Crippen molar-refractivity contribution in [3.8, 4) is 5.75 Å². The first kappa shape index (κ1) is 21.7. The lowest BCUT2D eigenvalue weighted by molar-refractivity contribution is -0.116. The predicted molar refractivity (Wildman–Crippen MR) is 125 cm³/mol. The lowest BCUT2D eigenvalue weighted by atomic mass is 10.0. The number of fused-ring (bicyclic) bond motifs is 2. The molecule has 8 heteroatoms. The maximum absolute atomic E-state index is 13.5. The number of hydrogen-bond donors (Lipinski definition) is 4. The van der Waals surface area contributed by atoms with Gasteiger partial charge in [-0.3, -0.25) is 9.79 Å². The summed E-state index contributed by atoms with van der Waals surface area (Å²) in [5, 5.41) is 10.3. The highest BCUT2D eigenvalue weighted by Crippen LogP contribution is 2.26. The highest BCUT2D eigenvalue weighted by Gasteiger charge is 2.15. The van der Waals surface area contributed by atoms with E-state index in [9.17, 15) is 9.18 Å². The molecule has 0 unspecified atom stereocenters. The first-order chi connectivity index (χ1) is 15.6. The van der Waals surface area contributed by atoms with E-state index in [1.165, 1.54) is 6.07 Å². The second-order valence-corrected chi connectivity index (χ2v) is 7.66. The molecule has 4 N–H and O–H groups in total. The Bertz CT molecular complexity index is 1120. The number of anilines is 1. The average molecular weight is 438 g/mol. The molecule has 1 aliphatic rings. The SMILES string of the molecule is CCNC(=NCCc1c[nH]c2ccc(F)cc12)NCCOc1ccc2c(c1)CCC(=O)N2. The number of amides is 1. The van der Waals surface area contributed by atoms with Crippen molar-refractivity contribution in [3.05, 3.63) is 59.5 Å². The molecule has 0 radical (unpaired) electrons. The van der Waals surface area contributed by atoms with Crippen LogP contribution in [0.5, 0.6) is 5.75 Å². The fourth-order valence-electron chi connectivity index (χ4n) is 3.78. The van der Waals surface area contributed by atoms with Crippen molar-refractivity contribution in [3.63, 3.8) is 0 Å². The van der Waals surface area contributed by atoms with Gasteiger partial charge in [0.2, 0.25) is 5.91 Å². The smallest absolute Gasteiger partial charge is 0.224 e. The average Bonchev–Trinajstić information content (AvgIpc) is 3.18. The number of nitrogens with zero attached hydrogens (tertiary/aromatic N) is 1. The van der Waals surface area contributed by atoms with Gasteiger partial charge in [0, 0.05) is 42.3 Å². The number of rotatable bonds is 8. The second kappa shape index (κ2) is 10.2. The van der Waals surface area contributed by atoms with Gasteiger partial charge >= 0.3 is 0 Å². The maximum atomic E-state index is 13.5. The van der Waals surface area contributed by atoms with Gasteiger partial charge < -0.3 is 25.7 Å². The van der Waals surface area contributed by atoms with Crippen molar-refractivity contribution >= 4 is 28.5 Å². The number of H-pyrrole nitrogens is 1. The Balaban J connectivity index is 1.26. The fourth-order valence-corrected chi connectivity index (χ4v) is 3.78. The number of benzene rings is 2. The summed E-state index contributed by atoms with van der Waals surface area (Å²) in [6.45, 7) is 4.43. The van der Waals surface area contributed by atoms with E-state index < -0.39 is 0 Å². The molecule has 4 rings (SSSR count). The molecule has 32 heavy (non-hydrogen) atoms. The first-order valence-corrected chi connectivity index (χ1v) is 11.0. The Labute approximate surface area is 186 Å². The number of carbonyl (C=O) groups excluding carboxylic acids is 1.